The molecular weight excluding hydrogens is 498 g/mol. The highest BCUT2D eigenvalue weighted by Crippen LogP contribution is 2.22. The summed E-state index contributed by atoms with van der Waals surface area (Å²) in [6.07, 6.45) is 8.29. The van der Waals surface area contributed by atoms with Gasteiger partial charge in [-0.05, 0) is 50.6 Å². The highest BCUT2D eigenvalue weighted by molar-refractivity contribution is 5.93. The topological polar surface area (TPSA) is 66.2 Å². The molecule has 0 unspecified atom stereocenters. The molecule has 3 aromatic rings. The van der Waals surface area contributed by atoms with Crippen LogP contribution < -0.4 is 19.7 Å². The normalized spacial score (nSPS) is 15.2. The first-order chi connectivity index (χ1) is 19.4. The maximum atomic E-state index is 13.1. The molecule has 1 aliphatic heterocycles. The van der Waals surface area contributed by atoms with Crippen LogP contribution in [0.2, 0.25) is 0 Å². The van der Waals surface area contributed by atoms with Crippen LogP contribution >= 0.6 is 0 Å². The molecule has 0 atom stereocenters. The number of rotatable bonds is 8. The number of hydrogen-bond donors (Lipinski definition) is 0. The molecule has 202 valence electrons. The zero-order valence-electron chi connectivity index (χ0n) is 23.8. The highest BCUT2D eigenvalue weighted by atomic mass is 16.5. The van der Waals surface area contributed by atoms with Gasteiger partial charge in [-0.2, -0.15) is 14.4 Å². The molecule has 0 saturated carbocycles. The summed E-state index contributed by atoms with van der Waals surface area (Å²) in [6, 6.07) is 22.6. The number of allylic oxidation sites excluding steroid dienone is 4. The minimum Gasteiger partial charge on any atom is -0.492 e. The van der Waals surface area contributed by atoms with Gasteiger partial charge in [0.05, 0.1) is 36.9 Å². The van der Waals surface area contributed by atoms with Crippen LogP contribution in [0, 0.1) is 11.3 Å². The number of pyridine rings is 1. The molecule has 2 heterocycles. The Morgan fingerprint density at radius 1 is 1.00 bits per heavy atom. The zero-order chi connectivity index (χ0) is 28.6. The molecule has 2 aromatic carbocycles. The van der Waals surface area contributed by atoms with Crippen LogP contribution in [-0.4, -0.2) is 26.2 Å². The van der Waals surface area contributed by atoms with Crippen molar-refractivity contribution in [2.45, 2.75) is 27.2 Å². The molecule has 40 heavy (non-hydrogen) atoms. The number of benzene rings is 2. The van der Waals surface area contributed by atoms with Crippen molar-refractivity contribution in [3.63, 3.8) is 0 Å². The van der Waals surface area contributed by atoms with Gasteiger partial charge in [0.25, 0.3) is 0 Å². The van der Waals surface area contributed by atoms with Crippen molar-refractivity contribution in [3.8, 4) is 6.07 Å². The number of carbonyl (C=O) groups excluding carboxylic acids is 1. The second kappa shape index (κ2) is 12.9. The molecule has 6 heteroatoms. The first kappa shape index (κ1) is 28.3. The van der Waals surface area contributed by atoms with E-state index in [1.807, 2.05) is 87.1 Å². The van der Waals surface area contributed by atoms with Gasteiger partial charge in [0.1, 0.15) is 25.9 Å². The zero-order valence-corrected chi connectivity index (χ0v) is 23.8. The number of hydrogen-bond acceptors (Lipinski definition) is 4. The Bertz CT molecular complexity index is 1750. The Kier molecular flexibility index (Phi) is 9.08. The van der Waals surface area contributed by atoms with Crippen LogP contribution in [0.3, 0.4) is 0 Å². The van der Waals surface area contributed by atoms with Gasteiger partial charge in [0.15, 0.2) is 5.70 Å². The monoisotopic (exact) mass is 533 g/mol. The SMILES string of the molecule is CCOC(=O)C(/C=C(C#N)/C(=C\c1ccc2ccccc2[n+]1C)OCC)=C(C)\C=C1\CC=c2ccccc2=[N+]1C. The third-order valence-corrected chi connectivity index (χ3v) is 6.94. The van der Waals surface area contributed by atoms with Crippen molar-refractivity contribution in [2.75, 3.05) is 20.3 Å². The number of aryl methyl sites for hydroxylation is 1. The van der Waals surface area contributed by atoms with Gasteiger partial charge >= 0.3 is 5.97 Å². The Labute approximate surface area is 235 Å². The van der Waals surface area contributed by atoms with Gasteiger partial charge in [-0.3, -0.25) is 0 Å². The third-order valence-electron chi connectivity index (χ3n) is 6.94. The maximum absolute atomic E-state index is 13.1. The molecule has 1 aliphatic rings. The fourth-order valence-electron chi connectivity index (χ4n) is 4.79. The first-order valence-corrected chi connectivity index (χ1v) is 13.5. The molecule has 0 spiro atoms. The summed E-state index contributed by atoms with van der Waals surface area (Å²) in [4.78, 5) is 13.1. The minimum absolute atomic E-state index is 0.226. The summed E-state index contributed by atoms with van der Waals surface area (Å²) >= 11 is 0. The molecule has 0 bridgehead atoms. The quantitative estimate of drug-likeness (QED) is 0.108. The van der Waals surface area contributed by atoms with Crippen molar-refractivity contribution in [2.24, 2.45) is 7.05 Å². The van der Waals surface area contributed by atoms with E-state index in [4.69, 9.17) is 9.47 Å². The van der Waals surface area contributed by atoms with Crippen molar-refractivity contribution in [3.05, 3.63) is 117 Å². The molecule has 4 rings (SSSR count). The van der Waals surface area contributed by atoms with Crippen molar-refractivity contribution in [1.29, 1.82) is 5.26 Å². The fourth-order valence-corrected chi connectivity index (χ4v) is 4.79. The lowest BCUT2D eigenvalue weighted by molar-refractivity contribution is -0.646. The van der Waals surface area contributed by atoms with Crippen LogP contribution in [0.25, 0.3) is 23.1 Å². The Morgan fingerprint density at radius 2 is 1.73 bits per heavy atom. The molecule has 0 aliphatic carbocycles. The number of esters is 1. The first-order valence-electron chi connectivity index (χ1n) is 13.5. The highest BCUT2D eigenvalue weighted by Gasteiger charge is 2.20. The van der Waals surface area contributed by atoms with E-state index in [9.17, 15) is 10.1 Å². The standard InChI is InChI=1S/C34H35N3O3/c1-6-39-33(22-29-19-17-26-13-9-11-15-32(26)37(29)5)27(23-35)21-30(34(38)40-7-2)24(3)20-28-18-16-25-12-8-10-14-31(25)36(28)4/h8-17,19-22H,6-7,18H2,1-5H3/q+2/b27-21+,28-20-,30-24-,33-22+. The number of nitrogens with zero attached hydrogens (tertiary/aromatic N) is 3. The van der Waals surface area contributed by atoms with Gasteiger partial charge in [-0.15, -0.1) is 0 Å². The second-order valence-corrected chi connectivity index (χ2v) is 9.47. The number of aromatic nitrogens is 1. The van der Waals surface area contributed by atoms with E-state index in [2.05, 4.69) is 34.9 Å². The summed E-state index contributed by atoms with van der Waals surface area (Å²) in [5.74, 6) is -0.102. The van der Waals surface area contributed by atoms with E-state index >= 15 is 0 Å². The molecule has 0 N–H and O–H groups in total. The van der Waals surface area contributed by atoms with Gasteiger partial charge < -0.3 is 9.47 Å². The minimum atomic E-state index is -0.487. The lowest BCUT2D eigenvalue weighted by atomic mass is 10.0. The number of nitriles is 1. The lowest BCUT2D eigenvalue weighted by Gasteiger charge is -2.11. The van der Waals surface area contributed by atoms with Crippen molar-refractivity contribution >= 4 is 29.0 Å². The number of para-hydroxylation sites is 2. The van der Waals surface area contributed by atoms with Gasteiger partial charge in [-0.1, -0.05) is 30.3 Å². The number of ether oxygens (including phenoxy) is 2. The number of fused-ring (bicyclic) bond motifs is 2. The van der Waals surface area contributed by atoms with Gasteiger partial charge in [0.2, 0.25) is 16.6 Å². The summed E-state index contributed by atoms with van der Waals surface area (Å²) < 4.78 is 15.5. The Hall–Kier alpha value is -4.76. The summed E-state index contributed by atoms with van der Waals surface area (Å²) in [5, 5.41) is 13.6. The predicted molar refractivity (Wildman–Crippen MR) is 158 cm³/mol. The molecular formula is C34H35N3O3+2. The van der Waals surface area contributed by atoms with Gasteiger partial charge in [0, 0.05) is 34.9 Å². The van der Waals surface area contributed by atoms with Gasteiger partial charge in [-0.25, -0.2) is 4.79 Å². The average Bonchev–Trinajstić information content (AvgIpc) is 2.96. The van der Waals surface area contributed by atoms with Crippen LogP contribution in [-0.2, 0) is 21.3 Å². The Morgan fingerprint density at radius 3 is 2.48 bits per heavy atom. The van der Waals surface area contributed by atoms with Crippen LogP contribution in [0.1, 0.15) is 32.9 Å². The summed E-state index contributed by atoms with van der Waals surface area (Å²) in [6.45, 7) is 6.10. The van der Waals surface area contributed by atoms with Crippen molar-refractivity contribution < 1.29 is 18.8 Å². The lowest BCUT2D eigenvalue weighted by Crippen LogP contribution is -2.40. The van der Waals surface area contributed by atoms with E-state index in [0.29, 0.717) is 23.5 Å². The average molecular weight is 534 g/mol. The predicted octanol–water partition coefficient (Wildman–Crippen LogP) is 4.26. The second-order valence-electron chi connectivity index (χ2n) is 9.47. The number of carbonyl (C=O) groups is 1. The van der Waals surface area contributed by atoms with E-state index in [0.717, 1.165) is 34.1 Å². The molecule has 0 radical (unpaired) electrons. The van der Waals surface area contributed by atoms with Crippen LogP contribution in [0.5, 0.6) is 0 Å². The molecule has 0 amide bonds. The van der Waals surface area contributed by atoms with Crippen LogP contribution in [0.15, 0.2) is 101 Å². The molecule has 1 aromatic heterocycles. The third kappa shape index (κ3) is 6.10. The van der Waals surface area contributed by atoms with E-state index in [-0.39, 0.29) is 12.2 Å². The smallest absolute Gasteiger partial charge is 0.338 e. The van der Waals surface area contributed by atoms with E-state index in [1.165, 1.54) is 5.22 Å². The largest absolute Gasteiger partial charge is 0.492 e. The van der Waals surface area contributed by atoms with E-state index < -0.39 is 5.97 Å². The molecule has 6 nitrogen and oxygen atoms in total. The summed E-state index contributed by atoms with van der Waals surface area (Å²) in [7, 11) is 3.99. The van der Waals surface area contributed by atoms with E-state index in [1.54, 1.807) is 13.0 Å². The maximum Gasteiger partial charge on any atom is 0.338 e. The summed E-state index contributed by atoms with van der Waals surface area (Å²) in [5.41, 5.74) is 4.21. The molecule has 0 fully saturated rings. The molecule has 0 saturated heterocycles. The Balaban J connectivity index is 1.84. The van der Waals surface area contributed by atoms with Crippen molar-refractivity contribution in [1.82, 2.24) is 4.58 Å². The van der Waals surface area contributed by atoms with Crippen LogP contribution in [0.4, 0.5) is 0 Å². The fraction of sp³-hybridized carbons (Fsp3) is 0.235.